The van der Waals surface area contributed by atoms with Gasteiger partial charge in [0.15, 0.2) is 0 Å². The van der Waals surface area contributed by atoms with Gasteiger partial charge in [-0.3, -0.25) is 0 Å². The second-order valence-corrected chi connectivity index (χ2v) is 6.50. The number of nitrogens with zero attached hydrogens (tertiary/aromatic N) is 4. The quantitative estimate of drug-likeness (QED) is 0.483. The smallest absolute Gasteiger partial charge is 0.374 e. The minimum Gasteiger partial charge on any atom is -0.460 e. The highest BCUT2D eigenvalue weighted by Gasteiger charge is 2.22. The van der Waals surface area contributed by atoms with Crippen molar-refractivity contribution in [2.45, 2.75) is 17.8 Å². The maximum Gasteiger partial charge on any atom is 0.374 e. The van der Waals surface area contributed by atoms with Crippen molar-refractivity contribution in [1.29, 1.82) is 0 Å². The first-order valence-corrected chi connectivity index (χ1v) is 8.61. The van der Waals surface area contributed by atoms with Gasteiger partial charge in [0.2, 0.25) is 10.9 Å². The lowest BCUT2D eigenvalue weighted by molar-refractivity contribution is 0.0491. The number of furan rings is 1. The zero-order chi connectivity index (χ0) is 16.4. The number of tetrazole rings is 1. The van der Waals surface area contributed by atoms with Crippen LogP contribution in [0.4, 0.5) is 0 Å². The molecule has 3 aromatic rings. The summed E-state index contributed by atoms with van der Waals surface area (Å²) in [5.74, 6) is 0.250. The van der Waals surface area contributed by atoms with Crippen LogP contribution in [0.25, 0.3) is 11.0 Å². The molecule has 0 spiro atoms. The average molecular weight is 397 g/mol. The van der Waals surface area contributed by atoms with Crippen molar-refractivity contribution in [2.24, 2.45) is 7.05 Å². The number of rotatable bonds is 5. The summed E-state index contributed by atoms with van der Waals surface area (Å²) in [6.45, 7) is 2.05. The highest BCUT2D eigenvalue weighted by molar-refractivity contribution is 9.10. The molecule has 0 saturated heterocycles. The molecule has 0 aliphatic heterocycles. The van der Waals surface area contributed by atoms with Crippen LogP contribution in [0.2, 0.25) is 0 Å². The Labute approximate surface area is 144 Å². The summed E-state index contributed by atoms with van der Waals surface area (Å²) in [7, 11) is 1.76. The van der Waals surface area contributed by atoms with E-state index in [1.807, 2.05) is 18.2 Å². The third-order valence-electron chi connectivity index (χ3n) is 3.14. The zero-order valence-electron chi connectivity index (χ0n) is 12.4. The molecule has 0 saturated carbocycles. The summed E-state index contributed by atoms with van der Waals surface area (Å²) in [5, 5.41) is 12.9. The number of ether oxygens (including phenoxy) is 1. The van der Waals surface area contributed by atoms with Gasteiger partial charge >= 0.3 is 5.97 Å². The summed E-state index contributed by atoms with van der Waals surface area (Å²) >= 11 is 4.87. The molecule has 0 amide bonds. The molecule has 0 atom stereocenters. The van der Waals surface area contributed by atoms with Crippen molar-refractivity contribution in [2.75, 3.05) is 6.61 Å². The van der Waals surface area contributed by atoms with Gasteiger partial charge in [-0.05, 0) is 35.5 Å². The summed E-state index contributed by atoms with van der Waals surface area (Å²) in [6, 6.07) is 5.61. The molecule has 0 N–H and O–H groups in total. The van der Waals surface area contributed by atoms with E-state index in [9.17, 15) is 4.79 Å². The Morgan fingerprint density at radius 2 is 2.30 bits per heavy atom. The fraction of sp³-hybridized carbons (Fsp3) is 0.286. The number of carbonyl (C=O) groups excluding carboxylic acids is 1. The Hall–Kier alpha value is -1.87. The van der Waals surface area contributed by atoms with E-state index < -0.39 is 5.97 Å². The van der Waals surface area contributed by atoms with Crippen LogP contribution in [-0.2, 0) is 17.5 Å². The molecule has 0 aliphatic rings. The van der Waals surface area contributed by atoms with Gasteiger partial charge in [-0.2, -0.15) is 0 Å². The van der Waals surface area contributed by atoms with E-state index in [0.29, 0.717) is 23.1 Å². The Morgan fingerprint density at radius 1 is 1.48 bits per heavy atom. The second-order valence-electron chi connectivity index (χ2n) is 4.64. The topological polar surface area (TPSA) is 83.0 Å². The number of thioether (sulfide) groups is 1. The van der Waals surface area contributed by atoms with Gasteiger partial charge in [-0.15, -0.1) is 5.10 Å². The lowest BCUT2D eigenvalue weighted by Gasteiger charge is -2.02. The number of hydrogen-bond donors (Lipinski definition) is 0. The maximum absolute atomic E-state index is 12.2. The molecule has 0 aliphatic carbocycles. The van der Waals surface area contributed by atoms with Crippen LogP contribution in [0.5, 0.6) is 0 Å². The standard InChI is InChI=1S/C14H13BrN4O3S/c1-3-21-13(20)12-10(7-23-14-16-17-18-19(14)2)9-6-8(15)4-5-11(9)22-12/h4-6H,3,7H2,1-2H3. The Morgan fingerprint density at radius 3 is 3.00 bits per heavy atom. The van der Waals surface area contributed by atoms with Crippen molar-refractivity contribution < 1.29 is 13.9 Å². The van der Waals surface area contributed by atoms with E-state index in [1.54, 1.807) is 18.7 Å². The van der Waals surface area contributed by atoms with Crippen LogP contribution in [-0.4, -0.2) is 32.8 Å². The van der Waals surface area contributed by atoms with Gasteiger partial charge in [0.1, 0.15) is 5.58 Å². The first kappa shape index (κ1) is 16.0. The summed E-state index contributed by atoms with van der Waals surface area (Å²) in [4.78, 5) is 12.2. The van der Waals surface area contributed by atoms with E-state index >= 15 is 0 Å². The predicted octanol–water partition coefficient (Wildman–Crippen LogP) is 3.19. The number of fused-ring (bicyclic) bond motifs is 1. The van der Waals surface area contributed by atoms with Crippen molar-refractivity contribution >= 4 is 44.6 Å². The molecule has 0 bridgehead atoms. The number of carbonyl (C=O) groups is 1. The Bertz CT molecular complexity index is 861. The molecular formula is C14H13BrN4O3S. The van der Waals surface area contributed by atoms with Crippen LogP contribution < -0.4 is 0 Å². The minimum absolute atomic E-state index is 0.225. The summed E-state index contributed by atoms with van der Waals surface area (Å²) in [5.41, 5.74) is 1.41. The van der Waals surface area contributed by atoms with Gasteiger partial charge in [0.05, 0.1) is 6.61 Å². The number of aromatic nitrogens is 4. The van der Waals surface area contributed by atoms with E-state index in [4.69, 9.17) is 9.15 Å². The molecule has 120 valence electrons. The summed E-state index contributed by atoms with van der Waals surface area (Å²) in [6.07, 6.45) is 0. The molecular weight excluding hydrogens is 384 g/mol. The third-order valence-corrected chi connectivity index (χ3v) is 4.67. The van der Waals surface area contributed by atoms with Crippen molar-refractivity contribution in [3.63, 3.8) is 0 Å². The largest absolute Gasteiger partial charge is 0.460 e. The number of halogens is 1. The van der Waals surface area contributed by atoms with Crippen LogP contribution in [0.1, 0.15) is 23.0 Å². The Kier molecular flexibility index (Phi) is 4.67. The van der Waals surface area contributed by atoms with Crippen LogP contribution in [0, 0.1) is 0 Å². The average Bonchev–Trinajstić information content (AvgIpc) is 3.09. The predicted molar refractivity (Wildman–Crippen MR) is 88.2 cm³/mol. The van der Waals surface area contributed by atoms with Gasteiger partial charge in [0.25, 0.3) is 0 Å². The molecule has 23 heavy (non-hydrogen) atoms. The molecule has 9 heteroatoms. The van der Waals surface area contributed by atoms with Gasteiger partial charge in [-0.1, -0.05) is 27.7 Å². The fourth-order valence-corrected chi connectivity index (χ4v) is 3.34. The van der Waals surface area contributed by atoms with Crippen molar-refractivity contribution in [3.8, 4) is 0 Å². The molecule has 1 aromatic carbocycles. The van der Waals surface area contributed by atoms with E-state index in [1.165, 1.54) is 11.8 Å². The first-order valence-electron chi connectivity index (χ1n) is 6.83. The molecule has 2 aromatic heterocycles. The normalized spacial score (nSPS) is 11.1. The zero-order valence-corrected chi connectivity index (χ0v) is 14.8. The van der Waals surface area contributed by atoms with E-state index in [2.05, 4.69) is 31.5 Å². The van der Waals surface area contributed by atoms with E-state index in [-0.39, 0.29) is 5.76 Å². The lowest BCUT2D eigenvalue weighted by Crippen LogP contribution is -2.06. The molecule has 7 nitrogen and oxygen atoms in total. The van der Waals surface area contributed by atoms with Crippen LogP contribution in [0.15, 0.2) is 32.2 Å². The fourth-order valence-electron chi connectivity index (χ4n) is 2.11. The lowest BCUT2D eigenvalue weighted by atomic mass is 10.1. The monoisotopic (exact) mass is 396 g/mol. The van der Waals surface area contributed by atoms with Gasteiger partial charge in [-0.25, -0.2) is 9.48 Å². The number of esters is 1. The highest BCUT2D eigenvalue weighted by Crippen LogP contribution is 2.33. The Balaban J connectivity index is 2.00. The molecule has 0 fully saturated rings. The third kappa shape index (κ3) is 3.25. The van der Waals surface area contributed by atoms with Crippen LogP contribution >= 0.6 is 27.7 Å². The SMILES string of the molecule is CCOC(=O)c1oc2ccc(Br)cc2c1CSc1nnnn1C. The first-order chi connectivity index (χ1) is 11.1. The van der Waals surface area contributed by atoms with Crippen molar-refractivity contribution in [1.82, 2.24) is 20.2 Å². The summed E-state index contributed by atoms with van der Waals surface area (Å²) < 4.78 is 13.3. The molecule has 3 rings (SSSR count). The van der Waals surface area contributed by atoms with E-state index in [0.717, 1.165) is 15.4 Å². The number of aryl methyl sites for hydroxylation is 1. The number of benzene rings is 1. The van der Waals surface area contributed by atoms with Crippen molar-refractivity contribution in [3.05, 3.63) is 34.0 Å². The second kappa shape index (κ2) is 6.71. The molecule has 0 radical (unpaired) electrons. The number of hydrogen-bond acceptors (Lipinski definition) is 7. The van der Waals surface area contributed by atoms with Gasteiger partial charge in [0, 0.05) is 28.2 Å². The molecule has 2 heterocycles. The van der Waals surface area contributed by atoms with Gasteiger partial charge < -0.3 is 9.15 Å². The molecule has 0 unspecified atom stereocenters. The van der Waals surface area contributed by atoms with Crippen LogP contribution in [0.3, 0.4) is 0 Å². The highest BCUT2D eigenvalue weighted by atomic mass is 79.9. The minimum atomic E-state index is -0.466. The maximum atomic E-state index is 12.2.